The summed E-state index contributed by atoms with van der Waals surface area (Å²) in [5.41, 5.74) is 2.34. The number of anilines is 1. The summed E-state index contributed by atoms with van der Waals surface area (Å²) in [7, 11) is 0. The van der Waals surface area contributed by atoms with Crippen molar-refractivity contribution in [3.63, 3.8) is 0 Å². The van der Waals surface area contributed by atoms with E-state index in [1.54, 1.807) is 24.3 Å². The Bertz CT molecular complexity index is 1040. The largest absolute Gasteiger partial charge is 0.349 e. The number of carbonyl (C=O) groups is 2. The van der Waals surface area contributed by atoms with Crippen molar-refractivity contribution >= 4 is 29.1 Å². The summed E-state index contributed by atoms with van der Waals surface area (Å²) >= 11 is 6.26. The van der Waals surface area contributed by atoms with E-state index in [4.69, 9.17) is 11.6 Å². The van der Waals surface area contributed by atoms with Crippen molar-refractivity contribution in [1.29, 1.82) is 0 Å². The molecule has 1 fully saturated rings. The molecule has 4 rings (SSSR count). The Morgan fingerprint density at radius 1 is 0.900 bits per heavy atom. The molecule has 0 saturated heterocycles. The van der Waals surface area contributed by atoms with Crippen LogP contribution >= 0.6 is 11.6 Å². The molecule has 1 aliphatic rings. The second-order valence-corrected chi connectivity index (χ2v) is 8.00. The molecule has 3 aromatic rings. The predicted molar refractivity (Wildman–Crippen MR) is 120 cm³/mol. The Hall–Kier alpha value is -3.05. The van der Waals surface area contributed by atoms with Gasteiger partial charge in [0.2, 0.25) is 0 Å². The van der Waals surface area contributed by atoms with Crippen LogP contribution in [0.4, 0.5) is 5.69 Å². The van der Waals surface area contributed by atoms with E-state index in [1.165, 1.54) is 6.42 Å². The van der Waals surface area contributed by atoms with Crippen LogP contribution in [0.3, 0.4) is 0 Å². The van der Waals surface area contributed by atoms with E-state index in [0.29, 0.717) is 21.8 Å². The molecule has 0 aliphatic heterocycles. The van der Waals surface area contributed by atoms with Crippen LogP contribution in [0, 0.1) is 0 Å². The highest BCUT2D eigenvalue weighted by Gasteiger charge is 2.19. The first-order valence-electron chi connectivity index (χ1n) is 10.3. The maximum absolute atomic E-state index is 12.8. The van der Waals surface area contributed by atoms with Crippen LogP contribution in [0.1, 0.15) is 52.8 Å². The average molecular weight is 422 g/mol. The number of nitrogens with one attached hydrogen (secondary N) is 2. The van der Waals surface area contributed by atoms with Crippen molar-refractivity contribution in [1.82, 2.24) is 9.88 Å². The van der Waals surface area contributed by atoms with Gasteiger partial charge in [-0.2, -0.15) is 0 Å². The molecule has 0 spiro atoms. The lowest BCUT2D eigenvalue weighted by Gasteiger charge is -2.23. The third-order valence-corrected chi connectivity index (χ3v) is 5.75. The summed E-state index contributed by atoms with van der Waals surface area (Å²) < 4.78 is 1.94. The van der Waals surface area contributed by atoms with Crippen molar-refractivity contribution < 1.29 is 9.59 Å². The Labute approximate surface area is 181 Å². The normalized spacial score (nSPS) is 14.3. The fraction of sp³-hybridized carbons (Fsp3) is 0.250. The standard InChI is InChI=1S/C24H24ClN3O2/c25-22-12-11-19(16-21(22)24(30)26-18-8-2-1-3-9-18)27-23(29)17-7-6-10-20(15-17)28-13-4-5-14-28/h4-7,10-16,18H,1-3,8-9H2,(H,26,30)(H,27,29). The molecule has 0 radical (unpaired) electrons. The summed E-state index contributed by atoms with van der Waals surface area (Å²) in [5.74, 6) is -0.442. The van der Waals surface area contributed by atoms with Gasteiger partial charge in [-0.1, -0.05) is 36.9 Å². The minimum atomic E-state index is -0.245. The fourth-order valence-electron chi connectivity index (χ4n) is 3.80. The van der Waals surface area contributed by atoms with Gasteiger partial charge in [-0.05, 0) is 61.4 Å². The Balaban J connectivity index is 1.48. The van der Waals surface area contributed by atoms with E-state index in [1.807, 2.05) is 47.3 Å². The van der Waals surface area contributed by atoms with Crippen LogP contribution in [-0.4, -0.2) is 22.4 Å². The summed E-state index contributed by atoms with van der Waals surface area (Å²) in [6.07, 6.45) is 9.34. The molecule has 2 amide bonds. The van der Waals surface area contributed by atoms with Gasteiger partial charge in [0.1, 0.15) is 0 Å². The molecular weight excluding hydrogens is 398 g/mol. The molecule has 1 aromatic heterocycles. The highest BCUT2D eigenvalue weighted by atomic mass is 35.5. The maximum Gasteiger partial charge on any atom is 0.255 e. The van der Waals surface area contributed by atoms with Crippen molar-refractivity contribution in [3.8, 4) is 5.69 Å². The van der Waals surface area contributed by atoms with Gasteiger partial charge in [-0.15, -0.1) is 0 Å². The summed E-state index contributed by atoms with van der Waals surface area (Å²) in [4.78, 5) is 25.5. The lowest BCUT2D eigenvalue weighted by atomic mass is 9.95. The molecule has 154 valence electrons. The first-order chi connectivity index (χ1) is 14.6. The summed E-state index contributed by atoms with van der Waals surface area (Å²) in [5, 5.41) is 6.31. The highest BCUT2D eigenvalue weighted by Crippen LogP contribution is 2.23. The number of rotatable bonds is 5. The van der Waals surface area contributed by atoms with Crippen LogP contribution in [0.5, 0.6) is 0 Å². The first-order valence-corrected chi connectivity index (χ1v) is 10.6. The van der Waals surface area contributed by atoms with E-state index in [0.717, 1.165) is 31.4 Å². The number of aromatic nitrogens is 1. The molecule has 1 saturated carbocycles. The third kappa shape index (κ3) is 4.74. The molecule has 30 heavy (non-hydrogen) atoms. The minimum Gasteiger partial charge on any atom is -0.349 e. The molecule has 6 heteroatoms. The second-order valence-electron chi connectivity index (χ2n) is 7.60. The molecule has 0 bridgehead atoms. The minimum absolute atomic E-state index is 0.192. The van der Waals surface area contributed by atoms with Gasteiger partial charge in [0.15, 0.2) is 0 Å². The monoisotopic (exact) mass is 421 g/mol. The summed E-state index contributed by atoms with van der Waals surface area (Å²) in [6, 6.07) is 16.4. The smallest absolute Gasteiger partial charge is 0.255 e. The number of benzene rings is 2. The third-order valence-electron chi connectivity index (χ3n) is 5.42. The van der Waals surface area contributed by atoms with Crippen LogP contribution < -0.4 is 10.6 Å². The van der Waals surface area contributed by atoms with E-state index < -0.39 is 0 Å². The number of nitrogens with zero attached hydrogens (tertiary/aromatic N) is 1. The van der Waals surface area contributed by atoms with Gasteiger partial charge < -0.3 is 15.2 Å². The van der Waals surface area contributed by atoms with E-state index in [-0.39, 0.29) is 17.9 Å². The second kappa shape index (κ2) is 9.18. The van der Waals surface area contributed by atoms with Gasteiger partial charge in [0, 0.05) is 35.4 Å². The van der Waals surface area contributed by atoms with E-state index in [9.17, 15) is 9.59 Å². The summed E-state index contributed by atoms with van der Waals surface area (Å²) in [6.45, 7) is 0. The van der Waals surface area contributed by atoms with Gasteiger partial charge in [-0.25, -0.2) is 0 Å². The maximum atomic E-state index is 12.8. The van der Waals surface area contributed by atoms with Crippen LogP contribution in [0.2, 0.25) is 5.02 Å². The van der Waals surface area contributed by atoms with E-state index in [2.05, 4.69) is 10.6 Å². The molecule has 2 N–H and O–H groups in total. The zero-order valence-electron chi connectivity index (χ0n) is 16.6. The first kappa shape index (κ1) is 20.2. The van der Waals surface area contributed by atoms with Gasteiger partial charge in [-0.3, -0.25) is 9.59 Å². The van der Waals surface area contributed by atoms with Crippen LogP contribution in [-0.2, 0) is 0 Å². The highest BCUT2D eigenvalue weighted by molar-refractivity contribution is 6.34. The lowest BCUT2D eigenvalue weighted by molar-refractivity contribution is 0.0926. The SMILES string of the molecule is O=C(Nc1ccc(Cl)c(C(=O)NC2CCCCC2)c1)c1cccc(-n2cccc2)c1. The average Bonchev–Trinajstić information content (AvgIpc) is 3.31. The van der Waals surface area contributed by atoms with Gasteiger partial charge in [0.25, 0.3) is 11.8 Å². The lowest BCUT2D eigenvalue weighted by Crippen LogP contribution is -2.36. The molecule has 0 unspecified atom stereocenters. The zero-order valence-corrected chi connectivity index (χ0v) is 17.4. The number of carbonyl (C=O) groups excluding carboxylic acids is 2. The number of amides is 2. The van der Waals surface area contributed by atoms with Crippen molar-refractivity contribution in [2.45, 2.75) is 38.1 Å². The van der Waals surface area contributed by atoms with E-state index >= 15 is 0 Å². The molecule has 5 nitrogen and oxygen atoms in total. The van der Waals surface area contributed by atoms with Crippen molar-refractivity contribution in [3.05, 3.63) is 83.1 Å². The molecular formula is C24H24ClN3O2. The number of halogens is 1. The van der Waals surface area contributed by atoms with Crippen LogP contribution in [0.15, 0.2) is 67.0 Å². The quantitative estimate of drug-likeness (QED) is 0.575. The van der Waals surface area contributed by atoms with Crippen molar-refractivity contribution in [2.75, 3.05) is 5.32 Å². The van der Waals surface area contributed by atoms with Crippen LogP contribution in [0.25, 0.3) is 5.69 Å². The number of hydrogen-bond donors (Lipinski definition) is 2. The molecule has 1 heterocycles. The Morgan fingerprint density at radius 3 is 2.43 bits per heavy atom. The number of hydrogen-bond acceptors (Lipinski definition) is 2. The molecule has 2 aromatic carbocycles. The Kier molecular flexibility index (Phi) is 6.19. The predicted octanol–water partition coefficient (Wildman–Crippen LogP) is 5.45. The Morgan fingerprint density at radius 2 is 1.67 bits per heavy atom. The van der Waals surface area contributed by atoms with Gasteiger partial charge in [0.05, 0.1) is 10.6 Å². The molecule has 0 atom stereocenters. The topological polar surface area (TPSA) is 63.1 Å². The fourth-order valence-corrected chi connectivity index (χ4v) is 4.01. The van der Waals surface area contributed by atoms with Crippen molar-refractivity contribution in [2.24, 2.45) is 0 Å². The van der Waals surface area contributed by atoms with Gasteiger partial charge >= 0.3 is 0 Å². The molecule has 1 aliphatic carbocycles. The zero-order chi connectivity index (χ0) is 20.9.